The number of hydroxylamine groups is 1. The summed E-state index contributed by atoms with van der Waals surface area (Å²) in [5.74, 6) is 0.0822. The third-order valence-electron chi connectivity index (χ3n) is 5.36. The van der Waals surface area contributed by atoms with E-state index >= 15 is 0 Å². The van der Waals surface area contributed by atoms with E-state index in [0.29, 0.717) is 17.0 Å². The van der Waals surface area contributed by atoms with Gasteiger partial charge in [-0.15, -0.1) is 5.06 Å². The van der Waals surface area contributed by atoms with Crippen molar-refractivity contribution >= 4 is 52.1 Å². The van der Waals surface area contributed by atoms with Gasteiger partial charge in [-0.05, 0) is 84.0 Å². The lowest BCUT2D eigenvalue weighted by Crippen LogP contribution is -2.42. The fourth-order valence-corrected chi connectivity index (χ4v) is 3.95. The number of rotatable bonds is 5. The van der Waals surface area contributed by atoms with Crippen LogP contribution in [0.1, 0.15) is 47.1 Å². The van der Waals surface area contributed by atoms with Gasteiger partial charge in [0.25, 0.3) is 0 Å². The number of hydrogen-bond acceptors (Lipinski definition) is 7. The second-order valence-corrected chi connectivity index (χ2v) is 11.7. The van der Waals surface area contributed by atoms with Crippen LogP contribution in [0.3, 0.4) is 0 Å². The smallest absolute Gasteiger partial charge is 0.440 e. The van der Waals surface area contributed by atoms with Crippen molar-refractivity contribution in [3.8, 4) is 5.69 Å². The number of ether oxygens (including phenoxy) is 1. The minimum atomic E-state index is -4.67. The van der Waals surface area contributed by atoms with Crippen LogP contribution in [0.25, 0.3) is 16.9 Å². The topological polar surface area (TPSA) is 124 Å². The molecular weight excluding hydrogens is 591 g/mol. The normalized spacial score (nSPS) is 12.2. The Bertz CT molecular complexity index is 1650. The van der Waals surface area contributed by atoms with Crippen molar-refractivity contribution in [2.24, 2.45) is 0 Å². The molecule has 0 fully saturated rings. The number of aromatic nitrogens is 4. The van der Waals surface area contributed by atoms with Crippen LogP contribution in [0.5, 0.6) is 0 Å². The Balaban J connectivity index is 1.55. The molecule has 43 heavy (non-hydrogen) atoms. The molecule has 0 unspecified atom stereocenters. The van der Waals surface area contributed by atoms with E-state index in [-0.39, 0.29) is 17.0 Å². The fourth-order valence-electron chi connectivity index (χ4n) is 3.72. The number of benzene rings is 2. The molecule has 0 bridgehead atoms. The summed E-state index contributed by atoms with van der Waals surface area (Å²) in [5, 5.41) is 5.40. The van der Waals surface area contributed by atoms with E-state index in [9.17, 15) is 22.8 Å². The van der Waals surface area contributed by atoms with Crippen LogP contribution in [0.2, 0.25) is 5.02 Å². The molecule has 3 amide bonds. The Kier molecular flexibility index (Phi) is 8.56. The van der Waals surface area contributed by atoms with Crippen LogP contribution in [0.15, 0.2) is 55.1 Å². The predicted octanol–water partition coefficient (Wildman–Crippen LogP) is 7.60. The third kappa shape index (κ3) is 7.90. The van der Waals surface area contributed by atoms with Crippen LogP contribution in [-0.2, 0) is 15.8 Å². The summed E-state index contributed by atoms with van der Waals surface area (Å²) < 4.78 is 46.5. The molecule has 0 radical (unpaired) electrons. The number of nitrogens with zero attached hydrogens (tertiary/aromatic N) is 5. The van der Waals surface area contributed by atoms with Crippen LogP contribution in [0.4, 0.5) is 40.0 Å². The molecule has 2 aromatic carbocycles. The predicted molar refractivity (Wildman–Crippen MR) is 155 cm³/mol. The van der Waals surface area contributed by atoms with Crippen molar-refractivity contribution in [2.45, 2.75) is 58.9 Å². The lowest BCUT2D eigenvalue weighted by Gasteiger charge is -2.30. The molecule has 11 nitrogen and oxygen atoms in total. The average molecular weight is 620 g/mol. The lowest BCUT2D eigenvalue weighted by atomic mass is 10.2. The fraction of sp³-hybridized carbons (Fsp3) is 0.321. The molecule has 2 aromatic heterocycles. The number of halogens is 4. The Morgan fingerprint density at radius 1 is 0.884 bits per heavy atom. The molecule has 0 atom stereocenters. The molecule has 2 heterocycles. The maximum Gasteiger partial charge on any atom is 0.440 e. The average Bonchev–Trinajstić information content (AvgIpc) is 3.31. The van der Waals surface area contributed by atoms with Gasteiger partial charge >= 0.3 is 18.3 Å². The highest BCUT2D eigenvalue weighted by Crippen LogP contribution is 2.36. The number of urea groups is 1. The van der Waals surface area contributed by atoms with E-state index in [4.69, 9.17) is 21.2 Å². The van der Waals surface area contributed by atoms with E-state index < -0.39 is 40.1 Å². The number of hydrogen-bond donors (Lipinski definition) is 2. The van der Waals surface area contributed by atoms with Gasteiger partial charge in [0.1, 0.15) is 18.3 Å². The minimum absolute atomic E-state index is 0.0814. The number of nitrogens with one attached hydrogen (secondary N) is 2. The Morgan fingerprint density at radius 3 is 2.12 bits per heavy atom. The summed E-state index contributed by atoms with van der Waals surface area (Å²) >= 11 is 5.63. The maximum absolute atomic E-state index is 13.1. The monoisotopic (exact) mass is 619 g/mol. The van der Waals surface area contributed by atoms with Crippen molar-refractivity contribution in [1.82, 2.24) is 19.5 Å². The van der Waals surface area contributed by atoms with Gasteiger partial charge in [0, 0.05) is 17.1 Å². The summed E-state index contributed by atoms with van der Waals surface area (Å²) in [4.78, 5) is 44.4. The summed E-state index contributed by atoms with van der Waals surface area (Å²) in [6.07, 6.45) is -2.70. The molecular formula is C28H29ClF3N7O4. The van der Waals surface area contributed by atoms with Gasteiger partial charge in [0.15, 0.2) is 17.0 Å². The number of anilines is 3. The Labute approximate surface area is 249 Å². The summed E-state index contributed by atoms with van der Waals surface area (Å²) in [6.45, 7) is 10.5. The number of carbonyl (C=O) groups excluding carboxylic acids is 2. The quantitative estimate of drug-likeness (QED) is 0.220. The molecule has 0 saturated carbocycles. The number of carbonyl (C=O) groups is 2. The van der Waals surface area contributed by atoms with Gasteiger partial charge < -0.3 is 15.4 Å². The summed E-state index contributed by atoms with van der Waals surface area (Å²) in [6, 6.07) is 8.82. The molecule has 2 N–H and O–H groups in total. The largest absolute Gasteiger partial charge is 0.442 e. The highest BCUT2D eigenvalue weighted by molar-refractivity contribution is 6.31. The third-order valence-corrected chi connectivity index (χ3v) is 5.69. The molecule has 0 spiro atoms. The van der Waals surface area contributed by atoms with Crippen LogP contribution < -0.4 is 15.7 Å². The number of imidazole rings is 1. The van der Waals surface area contributed by atoms with Crippen LogP contribution in [-0.4, -0.2) is 42.8 Å². The van der Waals surface area contributed by atoms with Gasteiger partial charge in [-0.3, -0.25) is 9.40 Å². The number of alkyl halides is 3. The van der Waals surface area contributed by atoms with Crippen molar-refractivity contribution in [3.05, 3.63) is 65.7 Å². The first-order valence-corrected chi connectivity index (χ1v) is 13.2. The van der Waals surface area contributed by atoms with Crippen LogP contribution in [0, 0.1) is 0 Å². The second kappa shape index (κ2) is 11.7. The zero-order valence-corrected chi connectivity index (χ0v) is 24.8. The van der Waals surface area contributed by atoms with E-state index in [1.54, 1.807) is 70.4 Å². The maximum atomic E-state index is 13.1. The summed E-state index contributed by atoms with van der Waals surface area (Å²) in [5.41, 5.74) is -1.13. The Morgan fingerprint density at radius 2 is 1.51 bits per heavy atom. The van der Waals surface area contributed by atoms with Gasteiger partial charge in [-0.2, -0.15) is 13.2 Å². The molecule has 0 aliphatic heterocycles. The first-order valence-electron chi connectivity index (χ1n) is 12.9. The van der Waals surface area contributed by atoms with E-state index in [1.165, 1.54) is 18.7 Å². The van der Waals surface area contributed by atoms with E-state index in [2.05, 4.69) is 25.6 Å². The van der Waals surface area contributed by atoms with Gasteiger partial charge in [-0.1, -0.05) is 11.6 Å². The van der Waals surface area contributed by atoms with Crippen molar-refractivity contribution in [1.29, 1.82) is 0 Å². The molecule has 4 rings (SSSR count). The minimum Gasteiger partial charge on any atom is -0.442 e. The molecule has 4 aromatic rings. The standard InChI is InChI=1S/C28H29ClF3N7O4/c1-26(2,3)42-25(41)39(43-27(4,5)6)23-21-22(33-14-34-23)38(15-35-21)18-10-7-16(8-11-18)36-24(40)37-17-9-12-20(29)19(13-17)28(30,31)32/h7-15H,1-6H3,(H2,36,37,40). The highest BCUT2D eigenvalue weighted by Gasteiger charge is 2.34. The van der Waals surface area contributed by atoms with E-state index in [0.717, 1.165) is 17.2 Å². The van der Waals surface area contributed by atoms with Crippen molar-refractivity contribution in [3.63, 3.8) is 0 Å². The molecule has 0 saturated heterocycles. The van der Waals surface area contributed by atoms with Crippen molar-refractivity contribution in [2.75, 3.05) is 15.7 Å². The number of amides is 3. The van der Waals surface area contributed by atoms with Crippen molar-refractivity contribution < 1.29 is 32.3 Å². The first kappa shape index (κ1) is 31.5. The molecule has 0 aliphatic carbocycles. The van der Waals surface area contributed by atoms with E-state index in [1.807, 2.05) is 0 Å². The second-order valence-electron chi connectivity index (χ2n) is 11.3. The molecule has 15 heteroatoms. The molecule has 228 valence electrons. The summed E-state index contributed by atoms with van der Waals surface area (Å²) in [7, 11) is 0. The zero-order valence-electron chi connectivity index (χ0n) is 24.1. The SMILES string of the molecule is CC(C)(C)OC(=O)N(OC(C)(C)C)c1ncnc2c1ncn2-c1ccc(NC(=O)Nc2ccc(Cl)c(C(F)(F)F)c2)cc1. The zero-order chi connectivity index (χ0) is 31.7. The Hall–Kier alpha value is -4.43. The molecule has 0 aliphatic rings. The first-order chi connectivity index (χ1) is 19.9. The van der Waals surface area contributed by atoms with Gasteiger partial charge in [0.05, 0.1) is 16.2 Å². The van der Waals surface area contributed by atoms with Gasteiger partial charge in [0.2, 0.25) is 0 Å². The lowest BCUT2D eigenvalue weighted by molar-refractivity contribution is -0.137. The highest BCUT2D eigenvalue weighted by atomic mass is 35.5. The van der Waals surface area contributed by atoms with Crippen LogP contribution >= 0.6 is 11.6 Å². The number of fused-ring (bicyclic) bond motifs is 1. The van der Waals surface area contributed by atoms with Gasteiger partial charge in [-0.25, -0.2) is 24.5 Å².